The second-order valence-electron chi connectivity index (χ2n) is 6.93. The highest BCUT2D eigenvalue weighted by molar-refractivity contribution is 6.10. The fraction of sp³-hybridized carbons (Fsp3) is 0. The molecular formula is C22H16N5+. The van der Waals surface area contributed by atoms with E-state index >= 15 is 0 Å². The predicted octanol–water partition coefficient (Wildman–Crippen LogP) is 4.04. The van der Waals surface area contributed by atoms with E-state index < -0.39 is 0 Å². The number of aliphatic imine (C=N–C) groups is 2. The van der Waals surface area contributed by atoms with E-state index in [-0.39, 0.29) is 4.59 Å². The number of nitrogens with zero attached hydrogens (tertiary/aromatic N) is 3. The van der Waals surface area contributed by atoms with E-state index in [1.807, 2.05) is 30.5 Å². The Kier molecular flexibility index (Phi) is 2.71. The van der Waals surface area contributed by atoms with Gasteiger partial charge in [-0.15, -0.1) is 4.59 Å². The van der Waals surface area contributed by atoms with Crippen LogP contribution in [0.1, 0.15) is 5.56 Å². The van der Waals surface area contributed by atoms with Crippen molar-refractivity contribution in [3.05, 3.63) is 95.6 Å². The van der Waals surface area contributed by atoms with Crippen LogP contribution >= 0.6 is 0 Å². The summed E-state index contributed by atoms with van der Waals surface area (Å²) in [4.78, 5) is 12.7. The smallest absolute Gasteiger partial charge is 0.265 e. The van der Waals surface area contributed by atoms with Crippen LogP contribution in [0, 0.1) is 0 Å². The molecule has 6 rings (SSSR count). The number of nitrogens with one attached hydrogen (secondary N) is 1. The number of fused-ring (bicyclic) bond motifs is 4. The van der Waals surface area contributed by atoms with Gasteiger partial charge >= 0.3 is 0 Å². The summed E-state index contributed by atoms with van der Waals surface area (Å²) in [6.45, 7) is 0. The van der Waals surface area contributed by atoms with Crippen LogP contribution in [0.5, 0.6) is 0 Å². The van der Waals surface area contributed by atoms with E-state index in [1.54, 1.807) is 12.4 Å². The predicted molar refractivity (Wildman–Crippen MR) is 109 cm³/mol. The van der Waals surface area contributed by atoms with Gasteiger partial charge in [-0.05, 0) is 18.2 Å². The maximum Gasteiger partial charge on any atom is 0.265 e. The Morgan fingerprint density at radius 1 is 1.00 bits per heavy atom. The third-order valence-electron chi connectivity index (χ3n) is 5.38. The van der Waals surface area contributed by atoms with Crippen LogP contribution in [0.15, 0.2) is 100 Å². The number of amidine groups is 1. The first kappa shape index (κ1) is 14.6. The molecule has 0 bridgehead atoms. The number of allylic oxidation sites excluding steroid dienone is 4. The van der Waals surface area contributed by atoms with E-state index in [1.165, 1.54) is 10.8 Å². The molecule has 0 saturated carbocycles. The Balaban J connectivity index is 1.55. The Hall–Kier alpha value is -3.54. The molecule has 3 aliphatic rings. The zero-order valence-corrected chi connectivity index (χ0v) is 14.4. The summed E-state index contributed by atoms with van der Waals surface area (Å²) in [5.74, 6) is 7.57. The largest absolute Gasteiger partial charge is 0.354 e. The number of benzene rings is 2. The average Bonchev–Trinajstić information content (AvgIpc) is 3.15. The van der Waals surface area contributed by atoms with E-state index in [0.717, 1.165) is 39.4 Å². The highest BCUT2D eigenvalue weighted by Crippen LogP contribution is 2.37. The minimum atomic E-state index is 0.0374. The topological polar surface area (TPSA) is 66.5 Å². The zero-order valence-electron chi connectivity index (χ0n) is 14.4. The van der Waals surface area contributed by atoms with Gasteiger partial charge in [0.25, 0.3) is 5.84 Å². The molecule has 2 aromatic carbocycles. The summed E-state index contributed by atoms with van der Waals surface area (Å²) in [5.41, 5.74) is 6.06. The normalized spacial score (nSPS) is 23.0. The molecule has 128 valence electrons. The Bertz CT molecular complexity index is 1330. The van der Waals surface area contributed by atoms with Crippen molar-refractivity contribution in [1.82, 2.24) is 4.98 Å². The van der Waals surface area contributed by atoms with Gasteiger partial charge in [0, 0.05) is 27.4 Å². The molecule has 5 nitrogen and oxygen atoms in total. The second-order valence-corrected chi connectivity index (χ2v) is 6.93. The maximum atomic E-state index is 6.78. The molecule has 5 heteroatoms. The molecule has 0 spiro atoms. The molecule has 3 heterocycles. The molecule has 1 atom stereocenters. The lowest BCUT2D eigenvalue weighted by Crippen LogP contribution is -2.53. The van der Waals surface area contributed by atoms with Gasteiger partial charge in [0.1, 0.15) is 11.9 Å². The monoisotopic (exact) mass is 350 g/mol. The minimum Gasteiger partial charge on any atom is -0.354 e. The van der Waals surface area contributed by atoms with Crippen LogP contribution < -0.4 is 5.84 Å². The first-order valence-electron chi connectivity index (χ1n) is 8.86. The van der Waals surface area contributed by atoms with E-state index in [0.29, 0.717) is 0 Å². The van der Waals surface area contributed by atoms with Crippen LogP contribution in [-0.2, 0) is 0 Å². The quantitative estimate of drug-likeness (QED) is 0.532. The Labute approximate surface area is 155 Å². The van der Waals surface area contributed by atoms with Gasteiger partial charge in [-0.1, -0.05) is 42.5 Å². The number of quaternary nitrogens is 1. The highest BCUT2D eigenvalue weighted by Gasteiger charge is 2.44. The number of nitrogens with two attached hydrogens (primary N) is 1. The lowest BCUT2D eigenvalue weighted by atomic mass is 10.0. The minimum absolute atomic E-state index is 0.0374. The number of rotatable bonds is 2. The van der Waals surface area contributed by atoms with Crippen LogP contribution in [-0.4, -0.2) is 21.6 Å². The van der Waals surface area contributed by atoms with E-state index in [4.69, 9.17) is 10.8 Å². The number of aromatic amines is 1. The second kappa shape index (κ2) is 5.01. The molecule has 1 aromatic heterocycles. The number of aromatic nitrogens is 1. The molecule has 0 saturated heterocycles. The molecule has 1 aliphatic carbocycles. The molecule has 2 aliphatic heterocycles. The van der Waals surface area contributed by atoms with Crippen molar-refractivity contribution in [2.75, 3.05) is 0 Å². The number of H-pyrrole nitrogens is 1. The Morgan fingerprint density at radius 2 is 1.85 bits per heavy atom. The number of hydrogen-bond acceptors (Lipinski definition) is 3. The molecule has 1 unspecified atom stereocenters. The van der Waals surface area contributed by atoms with Gasteiger partial charge in [0.05, 0.1) is 18.0 Å². The van der Waals surface area contributed by atoms with Crippen molar-refractivity contribution in [2.24, 2.45) is 15.8 Å². The SMILES string of the molecule is N[N+]12C=CN=CC1=C(C1=CC=C1)N=C2c1ccc2c(c1)[nH]c1ccccc12. The van der Waals surface area contributed by atoms with Gasteiger partial charge in [0.2, 0.25) is 5.70 Å². The zero-order chi connectivity index (χ0) is 18.0. The highest BCUT2D eigenvalue weighted by atomic mass is 15.6. The molecule has 0 amide bonds. The Morgan fingerprint density at radius 3 is 2.70 bits per heavy atom. The molecule has 3 aromatic rings. The maximum absolute atomic E-state index is 6.78. The summed E-state index contributed by atoms with van der Waals surface area (Å²) in [6, 6.07) is 14.7. The summed E-state index contributed by atoms with van der Waals surface area (Å²) in [5, 5.41) is 2.42. The molecule has 27 heavy (non-hydrogen) atoms. The van der Waals surface area contributed by atoms with Crippen molar-refractivity contribution in [1.29, 1.82) is 0 Å². The first-order chi connectivity index (χ1) is 13.2. The van der Waals surface area contributed by atoms with Gasteiger partial charge in [0.15, 0.2) is 0 Å². The van der Waals surface area contributed by atoms with Gasteiger partial charge in [-0.3, -0.25) is 4.99 Å². The van der Waals surface area contributed by atoms with Gasteiger partial charge < -0.3 is 4.98 Å². The van der Waals surface area contributed by atoms with Crippen LogP contribution in [0.4, 0.5) is 0 Å². The standard InChI is InChI=1S/C22H16N5/c23-27-11-10-24-13-20(27)21(14-4-3-5-14)26-22(27)15-8-9-17-16-6-1-2-7-18(16)25-19(17)12-15/h1-13,25H,23H2/q+1. The van der Waals surface area contributed by atoms with Crippen LogP contribution in [0.25, 0.3) is 21.8 Å². The van der Waals surface area contributed by atoms with Crippen LogP contribution in [0.2, 0.25) is 0 Å². The van der Waals surface area contributed by atoms with E-state index in [2.05, 4.69) is 46.4 Å². The number of para-hydroxylation sites is 1. The van der Waals surface area contributed by atoms with Crippen molar-refractivity contribution < 1.29 is 4.59 Å². The van der Waals surface area contributed by atoms with Crippen molar-refractivity contribution in [3.63, 3.8) is 0 Å². The van der Waals surface area contributed by atoms with Crippen molar-refractivity contribution in [3.8, 4) is 0 Å². The molecular weight excluding hydrogens is 334 g/mol. The molecule has 0 radical (unpaired) electrons. The number of hydrogen-bond donors (Lipinski definition) is 2. The lowest BCUT2D eigenvalue weighted by molar-refractivity contribution is -0.750. The summed E-state index contributed by atoms with van der Waals surface area (Å²) >= 11 is 0. The first-order valence-corrected chi connectivity index (χ1v) is 8.86. The third-order valence-corrected chi connectivity index (χ3v) is 5.38. The van der Waals surface area contributed by atoms with Crippen molar-refractivity contribution in [2.45, 2.75) is 0 Å². The summed E-state index contributed by atoms with van der Waals surface area (Å²) in [6.07, 6.45) is 11.5. The summed E-state index contributed by atoms with van der Waals surface area (Å²) < 4.78 is 0.0374. The fourth-order valence-electron chi connectivity index (χ4n) is 3.93. The van der Waals surface area contributed by atoms with Gasteiger partial charge in [-0.2, -0.15) is 10.8 Å². The average molecular weight is 350 g/mol. The van der Waals surface area contributed by atoms with Gasteiger partial charge in [-0.25, -0.2) is 0 Å². The van der Waals surface area contributed by atoms with Crippen LogP contribution in [0.3, 0.4) is 0 Å². The molecule has 3 N–H and O–H groups in total. The van der Waals surface area contributed by atoms with E-state index in [9.17, 15) is 0 Å². The third kappa shape index (κ3) is 1.89. The lowest BCUT2D eigenvalue weighted by Gasteiger charge is -2.26. The molecule has 0 fully saturated rings. The summed E-state index contributed by atoms with van der Waals surface area (Å²) in [7, 11) is 0. The fourth-order valence-corrected chi connectivity index (χ4v) is 3.93. The van der Waals surface area contributed by atoms with Crippen molar-refractivity contribution >= 4 is 33.9 Å².